The van der Waals surface area contributed by atoms with Gasteiger partial charge in [-0.25, -0.2) is 15.0 Å². The van der Waals surface area contributed by atoms with Gasteiger partial charge in [0, 0.05) is 10.9 Å². The molecule has 4 heterocycles. The smallest absolute Gasteiger partial charge is 0.184 e. The molecule has 1 fully saturated rings. The van der Waals surface area contributed by atoms with Crippen LogP contribution in [0.1, 0.15) is 26.5 Å². The molecular formula is C23H27N5O2S. The first-order valence-electron chi connectivity index (χ1n) is 10.5. The summed E-state index contributed by atoms with van der Waals surface area (Å²) in [5, 5.41) is 1.01. The summed E-state index contributed by atoms with van der Waals surface area (Å²) in [7, 11) is 0. The van der Waals surface area contributed by atoms with Gasteiger partial charge < -0.3 is 20.1 Å². The van der Waals surface area contributed by atoms with E-state index in [-0.39, 0.29) is 16.8 Å². The number of nitrogen functional groups attached to an aromatic ring is 1. The lowest BCUT2D eigenvalue weighted by molar-refractivity contribution is 0.0482. The van der Waals surface area contributed by atoms with Crippen LogP contribution in [0.25, 0.3) is 22.3 Å². The highest BCUT2D eigenvalue weighted by atomic mass is 32.2. The van der Waals surface area contributed by atoms with Crippen LogP contribution in [0.15, 0.2) is 30.3 Å². The number of anilines is 2. The first-order valence-corrected chi connectivity index (χ1v) is 11.7. The van der Waals surface area contributed by atoms with Crippen LogP contribution in [-0.4, -0.2) is 53.1 Å². The molecule has 0 spiro atoms. The van der Waals surface area contributed by atoms with Crippen LogP contribution in [0.2, 0.25) is 0 Å². The Morgan fingerprint density at radius 2 is 1.94 bits per heavy atom. The van der Waals surface area contributed by atoms with E-state index < -0.39 is 0 Å². The van der Waals surface area contributed by atoms with Gasteiger partial charge in [-0.3, -0.25) is 0 Å². The predicted octanol–water partition coefficient (Wildman–Crippen LogP) is 3.86. The standard InChI is InChI=1S/C23H27N5O2S/c1-13-10-29-11-16-12-30-19-20(23(2,3)31-4)26-21(27-22(19)28(13)16)15-5-7-17-14(9-15)6-8-18(24)25-17/h5-9,13,16H,10-12H2,1-4H3,(H2,24,25)/t13-,16+/m1/s1. The van der Waals surface area contributed by atoms with Crippen molar-refractivity contribution in [3.05, 3.63) is 36.0 Å². The third kappa shape index (κ3) is 3.47. The zero-order valence-corrected chi connectivity index (χ0v) is 19.1. The summed E-state index contributed by atoms with van der Waals surface area (Å²) in [5.41, 5.74) is 8.57. The molecule has 0 unspecified atom stereocenters. The SMILES string of the molecule is CSC(C)(C)c1nc(-c2ccc3nc(N)ccc3c2)nc2c1OC[C@@H]1COC[C@@H](C)N21. The van der Waals surface area contributed by atoms with Crippen LogP contribution in [-0.2, 0) is 9.48 Å². The van der Waals surface area contributed by atoms with Crippen molar-refractivity contribution in [3.8, 4) is 17.1 Å². The van der Waals surface area contributed by atoms with E-state index >= 15 is 0 Å². The highest BCUT2D eigenvalue weighted by Gasteiger charge is 2.40. The zero-order chi connectivity index (χ0) is 21.8. The Morgan fingerprint density at radius 1 is 1.10 bits per heavy atom. The molecule has 0 saturated carbocycles. The van der Waals surface area contributed by atoms with Crippen molar-refractivity contribution in [2.24, 2.45) is 0 Å². The number of morpholine rings is 1. The summed E-state index contributed by atoms with van der Waals surface area (Å²) in [6.45, 7) is 8.44. The van der Waals surface area contributed by atoms with Gasteiger partial charge in [0.1, 0.15) is 18.1 Å². The fraction of sp³-hybridized carbons (Fsp3) is 0.435. The van der Waals surface area contributed by atoms with Crippen molar-refractivity contribution in [1.29, 1.82) is 0 Å². The average Bonchev–Trinajstić information content (AvgIpc) is 2.77. The van der Waals surface area contributed by atoms with Gasteiger partial charge in [0.2, 0.25) is 0 Å². The van der Waals surface area contributed by atoms with Gasteiger partial charge >= 0.3 is 0 Å². The molecule has 5 rings (SSSR count). The minimum Gasteiger partial charge on any atom is -0.486 e. The van der Waals surface area contributed by atoms with Gasteiger partial charge in [0.15, 0.2) is 17.4 Å². The lowest BCUT2D eigenvalue weighted by Crippen LogP contribution is -2.56. The molecule has 8 heteroatoms. The number of ether oxygens (including phenoxy) is 2. The Kier molecular flexibility index (Phi) is 4.94. The molecule has 7 nitrogen and oxygen atoms in total. The third-order valence-electron chi connectivity index (χ3n) is 6.10. The molecule has 0 aliphatic carbocycles. The number of aromatic nitrogens is 3. The molecule has 2 aliphatic heterocycles. The molecule has 0 bridgehead atoms. The summed E-state index contributed by atoms with van der Waals surface area (Å²) < 4.78 is 11.8. The van der Waals surface area contributed by atoms with Gasteiger partial charge in [-0.05, 0) is 57.4 Å². The van der Waals surface area contributed by atoms with Crippen molar-refractivity contribution < 1.29 is 9.47 Å². The summed E-state index contributed by atoms with van der Waals surface area (Å²) in [5.74, 6) is 2.87. The highest BCUT2D eigenvalue weighted by Crippen LogP contribution is 2.46. The Bertz CT molecular complexity index is 1150. The van der Waals surface area contributed by atoms with Crippen molar-refractivity contribution >= 4 is 34.3 Å². The van der Waals surface area contributed by atoms with Gasteiger partial charge in [0.25, 0.3) is 0 Å². The number of thioether (sulfide) groups is 1. The first kappa shape index (κ1) is 20.3. The largest absolute Gasteiger partial charge is 0.486 e. The molecule has 2 aromatic heterocycles. The minimum atomic E-state index is -0.225. The molecule has 0 amide bonds. The minimum absolute atomic E-state index is 0.160. The summed E-state index contributed by atoms with van der Waals surface area (Å²) in [4.78, 5) is 16.8. The number of hydrogen-bond donors (Lipinski definition) is 1. The van der Waals surface area contributed by atoms with Crippen LogP contribution < -0.4 is 15.4 Å². The maximum atomic E-state index is 6.25. The Morgan fingerprint density at radius 3 is 2.74 bits per heavy atom. The number of rotatable bonds is 3. The fourth-order valence-electron chi connectivity index (χ4n) is 4.25. The number of fused-ring (bicyclic) bond motifs is 4. The van der Waals surface area contributed by atoms with Crippen LogP contribution in [0, 0.1) is 0 Å². The molecule has 162 valence electrons. The van der Waals surface area contributed by atoms with E-state index in [9.17, 15) is 0 Å². The second-order valence-electron chi connectivity index (χ2n) is 8.67. The summed E-state index contributed by atoms with van der Waals surface area (Å²) in [6.07, 6.45) is 2.10. The number of benzene rings is 1. The van der Waals surface area contributed by atoms with Crippen molar-refractivity contribution in [2.75, 3.05) is 36.7 Å². The van der Waals surface area contributed by atoms with E-state index in [0.29, 0.717) is 31.5 Å². The van der Waals surface area contributed by atoms with Crippen LogP contribution in [0.4, 0.5) is 11.6 Å². The fourth-order valence-corrected chi connectivity index (χ4v) is 4.58. The predicted molar refractivity (Wildman–Crippen MR) is 126 cm³/mol. The molecule has 1 saturated heterocycles. The van der Waals surface area contributed by atoms with E-state index in [1.54, 1.807) is 11.8 Å². The third-order valence-corrected chi connectivity index (χ3v) is 7.31. The second kappa shape index (κ2) is 7.53. The number of nitrogens with two attached hydrogens (primary N) is 1. The van der Waals surface area contributed by atoms with Gasteiger partial charge in [0.05, 0.1) is 35.6 Å². The topological polar surface area (TPSA) is 86.4 Å². The van der Waals surface area contributed by atoms with Gasteiger partial charge in [-0.15, -0.1) is 0 Å². The van der Waals surface area contributed by atoms with E-state index in [4.69, 9.17) is 25.2 Å². The van der Waals surface area contributed by atoms with E-state index in [2.05, 4.69) is 43.0 Å². The normalized spacial score (nSPS) is 20.8. The number of nitrogens with zero attached hydrogens (tertiary/aromatic N) is 4. The molecule has 2 N–H and O–H groups in total. The first-order chi connectivity index (χ1) is 14.9. The molecule has 1 aromatic carbocycles. The Labute approximate surface area is 186 Å². The zero-order valence-electron chi connectivity index (χ0n) is 18.3. The monoisotopic (exact) mass is 437 g/mol. The number of pyridine rings is 1. The van der Waals surface area contributed by atoms with Gasteiger partial charge in [-0.1, -0.05) is 0 Å². The van der Waals surface area contributed by atoms with Crippen LogP contribution in [0.5, 0.6) is 5.75 Å². The maximum Gasteiger partial charge on any atom is 0.184 e. The lowest BCUT2D eigenvalue weighted by Gasteiger charge is -2.45. The van der Waals surface area contributed by atoms with E-state index in [1.165, 1.54) is 0 Å². The van der Waals surface area contributed by atoms with E-state index in [0.717, 1.165) is 33.7 Å². The van der Waals surface area contributed by atoms with Crippen molar-refractivity contribution in [2.45, 2.75) is 37.6 Å². The lowest BCUT2D eigenvalue weighted by atomic mass is 10.0. The molecule has 0 radical (unpaired) electrons. The summed E-state index contributed by atoms with van der Waals surface area (Å²) in [6, 6.07) is 10.2. The van der Waals surface area contributed by atoms with Crippen LogP contribution in [0.3, 0.4) is 0 Å². The van der Waals surface area contributed by atoms with Crippen molar-refractivity contribution in [1.82, 2.24) is 15.0 Å². The van der Waals surface area contributed by atoms with E-state index in [1.807, 2.05) is 24.3 Å². The Balaban J connectivity index is 1.71. The molecule has 3 aromatic rings. The highest BCUT2D eigenvalue weighted by molar-refractivity contribution is 7.99. The van der Waals surface area contributed by atoms with Gasteiger partial charge in [-0.2, -0.15) is 11.8 Å². The van der Waals surface area contributed by atoms with Crippen molar-refractivity contribution in [3.63, 3.8) is 0 Å². The molecule has 2 aliphatic rings. The Hall–Kier alpha value is -2.58. The average molecular weight is 438 g/mol. The number of hydrogen-bond acceptors (Lipinski definition) is 8. The molecule has 31 heavy (non-hydrogen) atoms. The second-order valence-corrected chi connectivity index (χ2v) is 10.1. The maximum absolute atomic E-state index is 6.25. The van der Waals surface area contributed by atoms with Crippen LogP contribution >= 0.6 is 11.8 Å². The summed E-state index contributed by atoms with van der Waals surface area (Å²) >= 11 is 1.75. The molecule has 2 atom stereocenters. The molecular weight excluding hydrogens is 410 g/mol. The quantitative estimate of drug-likeness (QED) is 0.661.